The molecule has 0 saturated carbocycles. The largest absolute Gasteiger partial charge is 0.481 e. The number of carboxylic acid groups (broad SMARTS) is 1. The van der Waals surface area contributed by atoms with Gasteiger partial charge in [0.1, 0.15) is 0 Å². The molecule has 116 valence electrons. The molecule has 6 heteroatoms. The van der Waals surface area contributed by atoms with Gasteiger partial charge in [-0.3, -0.25) is 4.79 Å². The summed E-state index contributed by atoms with van der Waals surface area (Å²) in [6, 6.07) is 6.56. The molecule has 0 fully saturated rings. The number of likely N-dealkylation sites (N-methyl/N-ethyl adjacent to an activating group) is 1. The van der Waals surface area contributed by atoms with Gasteiger partial charge in [-0.05, 0) is 30.8 Å². The van der Waals surface area contributed by atoms with Crippen molar-refractivity contribution >= 4 is 17.7 Å². The lowest BCUT2D eigenvalue weighted by atomic mass is 10.1. The van der Waals surface area contributed by atoms with E-state index in [1.165, 1.54) is 0 Å². The number of nitrogens with zero attached hydrogens (tertiary/aromatic N) is 1. The fraction of sp³-hybridized carbons (Fsp3) is 0.467. The normalized spacial score (nSPS) is 10.4. The summed E-state index contributed by atoms with van der Waals surface area (Å²) >= 11 is 0. The van der Waals surface area contributed by atoms with Crippen LogP contribution in [0.25, 0.3) is 0 Å². The topological polar surface area (TPSA) is 81.7 Å². The van der Waals surface area contributed by atoms with E-state index in [0.29, 0.717) is 17.8 Å². The van der Waals surface area contributed by atoms with Crippen molar-refractivity contribution in [3.8, 4) is 0 Å². The van der Waals surface area contributed by atoms with Crippen LogP contribution in [0.2, 0.25) is 0 Å². The first-order valence-corrected chi connectivity index (χ1v) is 7.13. The molecule has 0 spiro atoms. The van der Waals surface area contributed by atoms with Crippen molar-refractivity contribution in [3.05, 3.63) is 29.8 Å². The molecule has 0 saturated heterocycles. The highest BCUT2D eigenvalue weighted by Crippen LogP contribution is 2.11. The molecule has 0 aliphatic carbocycles. The van der Waals surface area contributed by atoms with Crippen LogP contribution in [-0.2, 0) is 11.2 Å². The average molecular weight is 293 g/mol. The summed E-state index contributed by atoms with van der Waals surface area (Å²) in [6.45, 7) is 7.45. The van der Waals surface area contributed by atoms with E-state index in [4.69, 9.17) is 5.11 Å². The Morgan fingerprint density at radius 1 is 1.24 bits per heavy atom. The van der Waals surface area contributed by atoms with Gasteiger partial charge in [0, 0.05) is 18.8 Å². The predicted octanol–water partition coefficient (Wildman–Crippen LogP) is 1.78. The molecule has 0 aliphatic heterocycles. The van der Waals surface area contributed by atoms with Crippen LogP contribution in [0.5, 0.6) is 0 Å². The van der Waals surface area contributed by atoms with Gasteiger partial charge in [-0.25, -0.2) is 4.79 Å². The van der Waals surface area contributed by atoms with Gasteiger partial charge in [0.15, 0.2) is 0 Å². The van der Waals surface area contributed by atoms with Crippen molar-refractivity contribution in [2.45, 2.75) is 20.3 Å². The van der Waals surface area contributed by atoms with E-state index in [-0.39, 0.29) is 12.5 Å². The van der Waals surface area contributed by atoms with E-state index in [0.717, 1.165) is 19.6 Å². The van der Waals surface area contributed by atoms with E-state index in [1.807, 2.05) is 0 Å². The Labute approximate surface area is 125 Å². The number of urea groups is 1. The number of hydrogen-bond donors (Lipinski definition) is 3. The fourth-order valence-corrected chi connectivity index (χ4v) is 1.98. The molecular formula is C15H23N3O3. The number of rotatable bonds is 8. The minimum Gasteiger partial charge on any atom is -0.481 e. The van der Waals surface area contributed by atoms with Crippen molar-refractivity contribution in [1.29, 1.82) is 0 Å². The maximum absolute atomic E-state index is 11.7. The number of carbonyl (C=O) groups is 2. The van der Waals surface area contributed by atoms with E-state index in [2.05, 4.69) is 29.4 Å². The summed E-state index contributed by atoms with van der Waals surface area (Å²) < 4.78 is 0. The second-order valence-electron chi connectivity index (χ2n) is 4.68. The first-order chi connectivity index (χ1) is 10.0. The van der Waals surface area contributed by atoms with Crippen LogP contribution in [0, 0.1) is 0 Å². The zero-order chi connectivity index (χ0) is 15.7. The number of aliphatic carboxylic acids is 1. The second kappa shape index (κ2) is 8.97. The Hall–Kier alpha value is -2.08. The van der Waals surface area contributed by atoms with Crippen LogP contribution in [0.1, 0.15) is 19.4 Å². The van der Waals surface area contributed by atoms with Crippen molar-refractivity contribution in [2.75, 3.05) is 31.5 Å². The molecule has 0 radical (unpaired) electrons. The molecule has 0 unspecified atom stereocenters. The Bertz CT molecular complexity index is 473. The zero-order valence-corrected chi connectivity index (χ0v) is 12.6. The second-order valence-corrected chi connectivity index (χ2v) is 4.68. The van der Waals surface area contributed by atoms with E-state index in [9.17, 15) is 9.59 Å². The molecule has 2 amide bonds. The lowest BCUT2D eigenvalue weighted by Gasteiger charge is -2.18. The fourth-order valence-electron chi connectivity index (χ4n) is 1.98. The molecule has 1 aromatic rings. The molecule has 0 aliphatic rings. The average Bonchev–Trinajstić information content (AvgIpc) is 2.43. The number of carbonyl (C=O) groups excluding carboxylic acids is 1. The molecule has 0 bridgehead atoms. The maximum Gasteiger partial charge on any atom is 0.319 e. The van der Waals surface area contributed by atoms with Gasteiger partial charge in [0.05, 0.1) is 6.42 Å². The smallest absolute Gasteiger partial charge is 0.319 e. The molecule has 1 rings (SSSR count). The van der Waals surface area contributed by atoms with Gasteiger partial charge in [-0.2, -0.15) is 0 Å². The Kier molecular flexibility index (Phi) is 7.25. The summed E-state index contributed by atoms with van der Waals surface area (Å²) in [5, 5.41) is 14.2. The van der Waals surface area contributed by atoms with Gasteiger partial charge >= 0.3 is 12.0 Å². The minimum atomic E-state index is -0.893. The van der Waals surface area contributed by atoms with E-state index in [1.54, 1.807) is 24.3 Å². The number of carboxylic acids is 1. The lowest BCUT2D eigenvalue weighted by Crippen LogP contribution is -2.36. The van der Waals surface area contributed by atoms with Gasteiger partial charge < -0.3 is 20.6 Å². The summed E-state index contributed by atoms with van der Waals surface area (Å²) in [5.41, 5.74) is 1.25. The maximum atomic E-state index is 11.7. The van der Waals surface area contributed by atoms with Crippen LogP contribution in [0.3, 0.4) is 0 Å². The van der Waals surface area contributed by atoms with E-state index < -0.39 is 5.97 Å². The van der Waals surface area contributed by atoms with Crippen LogP contribution >= 0.6 is 0 Å². The van der Waals surface area contributed by atoms with Crippen molar-refractivity contribution in [1.82, 2.24) is 10.2 Å². The third kappa shape index (κ3) is 6.76. The molecular weight excluding hydrogens is 270 g/mol. The molecule has 0 heterocycles. The number of benzene rings is 1. The van der Waals surface area contributed by atoms with E-state index >= 15 is 0 Å². The van der Waals surface area contributed by atoms with Crippen LogP contribution < -0.4 is 10.6 Å². The first-order valence-electron chi connectivity index (χ1n) is 7.13. The van der Waals surface area contributed by atoms with Gasteiger partial charge in [-0.15, -0.1) is 0 Å². The first kappa shape index (κ1) is 17.0. The van der Waals surface area contributed by atoms with Crippen molar-refractivity contribution in [2.24, 2.45) is 0 Å². The summed E-state index contributed by atoms with van der Waals surface area (Å²) in [4.78, 5) is 24.6. The third-order valence-electron chi connectivity index (χ3n) is 3.15. The molecule has 6 nitrogen and oxygen atoms in total. The van der Waals surface area contributed by atoms with Crippen LogP contribution in [-0.4, -0.2) is 48.2 Å². The number of anilines is 1. The van der Waals surface area contributed by atoms with Crippen molar-refractivity contribution < 1.29 is 14.7 Å². The predicted molar refractivity (Wildman–Crippen MR) is 82.6 cm³/mol. The van der Waals surface area contributed by atoms with Crippen LogP contribution in [0.4, 0.5) is 10.5 Å². The molecule has 1 aromatic carbocycles. The minimum absolute atomic E-state index is 0.0564. The van der Waals surface area contributed by atoms with Gasteiger partial charge in [-0.1, -0.05) is 26.0 Å². The summed E-state index contributed by atoms with van der Waals surface area (Å²) in [5.74, 6) is -0.893. The quantitative estimate of drug-likeness (QED) is 0.682. The molecule has 0 aromatic heterocycles. The summed E-state index contributed by atoms with van der Waals surface area (Å²) in [6.07, 6.45) is -0.0564. The summed E-state index contributed by atoms with van der Waals surface area (Å²) in [7, 11) is 0. The highest BCUT2D eigenvalue weighted by Gasteiger charge is 2.05. The molecule has 21 heavy (non-hydrogen) atoms. The number of nitrogens with one attached hydrogen (secondary N) is 2. The Balaban J connectivity index is 2.42. The Morgan fingerprint density at radius 3 is 2.57 bits per heavy atom. The lowest BCUT2D eigenvalue weighted by molar-refractivity contribution is -0.136. The highest BCUT2D eigenvalue weighted by atomic mass is 16.4. The Morgan fingerprint density at radius 2 is 1.95 bits per heavy atom. The van der Waals surface area contributed by atoms with Gasteiger partial charge in [0.2, 0.25) is 0 Å². The molecule has 0 atom stereocenters. The van der Waals surface area contributed by atoms with Crippen LogP contribution in [0.15, 0.2) is 24.3 Å². The molecule has 3 N–H and O–H groups in total. The highest BCUT2D eigenvalue weighted by molar-refractivity contribution is 5.89. The number of amides is 2. The zero-order valence-electron chi connectivity index (χ0n) is 12.6. The standard InChI is InChI=1S/C15H23N3O3/c1-3-18(4-2)9-8-16-15(21)17-13-7-5-6-12(10-13)11-14(19)20/h5-7,10H,3-4,8-9,11H2,1-2H3,(H,19,20)(H2,16,17,21). The van der Waals surface area contributed by atoms with Gasteiger partial charge in [0.25, 0.3) is 0 Å². The third-order valence-corrected chi connectivity index (χ3v) is 3.15. The monoisotopic (exact) mass is 293 g/mol. The number of hydrogen-bond acceptors (Lipinski definition) is 3. The van der Waals surface area contributed by atoms with Crippen molar-refractivity contribution in [3.63, 3.8) is 0 Å². The SMILES string of the molecule is CCN(CC)CCNC(=O)Nc1cccc(CC(=O)O)c1.